The number of nitrogens with zero attached hydrogens (tertiary/aromatic N) is 3. The maximum Gasteiger partial charge on any atom is 0.143 e. The average molecular weight is 241 g/mol. The van der Waals surface area contributed by atoms with Gasteiger partial charge in [0.15, 0.2) is 0 Å². The SMILES string of the molecule is COc1ccc(-c2nc(C)c(C#N)n2C)cc1C. The van der Waals surface area contributed by atoms with Crippen LogP contribution in [0.25, 0.3) is 11.4 Å². The van der Waals surface area contributed by atoms with E-state index in [1.54, 1.807) is 7.11 Å². The maximum atomic E-state index is 9.07. The summed E-state index contributed by atoms with van der Waals surface area (Å²) >= 11 is 0. The highest BCUT2D eigenvalue weighted by atomic mass is 16.5. The van der Waals surface area contributed by atoms with Gasteiger partial charge in [0, 0.05) is 12.6 Å². The Morgan fingerprint density at radius 1 is 1.33 bits per heavy atom. The number of hydrogen-bond acceptors (Lipinski definition) is 3. The van der Waals surface area contributed by atoms with Gasteiger partial charge in [0.1, 0.15) is 23.3 Å². The number of hydrogen-bond donors (Lipinski definition) is 0. The fourth-order valence-corrected chi connectivity index (χ4v) is 2.07. The summed E-state index contributed by atoms with van der Waals surface area (Å²) in [4.78, 5) is 4.45. The van der Waals surface area contributed by atoms with Crippen molar-refractivity contribution in [3.8, 4) is 23.2 Å². The number of aromatic nitrogens is 2. The van der Waals surface area contributed by atoms with E-state index in [9.17, 15) is 0 Å². The van der Waals surface area contributed by atoms with Crippen LogP contribution in [0.2, 0.25) is 0 Å². The molecule has 1 heterocycles. The first-order valence-corrected chi connectivity index (χ1v) is 5.67. The van der Waals surface area contributed by atoms with Crippen LogP contribution in [0, 0.1) is 25.2 Å². The largest absolute Gasteiger partial charge is 0.496 e. The number of nitriles is 1. The molecule has 0 unspecified atom stereocenters. The topological polar surface area (TPSA) is 50.8 Å². The minimum absolute atomic E-state index is 0.596. The quantitative estimate of drug-likeness (QED) is 0.812. The number of aryl methyl sites for hydroxylation is 2. The molecule has 92 valence electrons. The molecule has 0 aliphatic carbocycles. The van der Waals surface area contributed by atoms with Gasteiger partial charge < -0.3 is 9.30 Å². The predicted molar refractivity (Wildman–Crippen MR) is 69.4 cm³/mol. The molecule has 18 heavy (non-hydrogen) atoms. The van der Waals surface area contributed by atoms with Gasteiger partial charge in [0.25, 0.3) is 0 Å². The first kappa shape index (κ1) is 12.2. The van der Waals surface area contributed by atoms with Crippen molar-refractivity contribution in [3.63, 3.8) is 0 Å². The van der Waals surface area contributed by atoms with Crippen LogP contribution in [0.15, 0.2) is 18.2 Å². The molecule has 4 nitrogen and oxygen atoms in total. The first-order valence-electron chi connectivity index (χ1n) is 5.67. The Morgan fingerprint density at radius 2 is 2.06 bits per heavy atom. The summed E-state index contributed by atoms with van der Waals surface area (Å²) < 4.78 is 7.05. The van der Waals surface area contributed by atoms with Crippen LogP contribution in [-0.4, -0.2) is 16.7 Å². The zero-order valence-corrected chi connectivity index (χ0v) is 11.0. The number of rotatable bonds is 2. The molecule has 0 amide bonds. The lowest BCUT2D eigenvalue weighted by molar-refractivity contribution is 0.412. The fraction of sp³-hybridized carbons (Fsp3) is 0.286. The Labute approximate surface area is 106 Å². The predicted octanol–water partition coefficient (Wildman–Crippen LogP) is 2.58. The molecule has 1 aromatic carbocycles. The standard InChI is InChI=1S/C14H15N3O/c1-9-7-11(5-6-13(9)18-4)14-16-10(2)12(8-15)17(14)3/h5-7H,1-4H3. The van der Waals surface area contributed by atoms with Gasteiger partial charge in [-0.1, -0.05) is 0 Å². The van der Waals surface area contributed by atoms with Crippen LogP contribution in [0.5, 0.6) is 5.75 Å². The molecule has 0 radical (unpaired) electrons. The van der Waals surface area contributed by atoms with E-state index < -0.39 is 0 Å². The van der Waals surface area contributed by atoms with Crippen LogP contribution in [0.3, 0.4) is 0 Å². The third-order valence-corrected chi connectivity index (χ3v) is 3.03. The van der Waals surface area contributed by atoms with E-state index in [1.165, 1.54) is 0 Å². The van der Waals surface area contributed by atoms with E-state index in [-0.39, 0.29) is 0 Å². The third-order valence-electron chi connectivity index (χ3n) is 3.03. The summed E-state index contributed by atoms with van der Waals surface area (Å²) in [5, 5.41) is 9.07. The van der Waals surface area contributed by atoms with Crippen molar-refractivity contribution in [2.24, 2.45) is 7.05 Å². The highest BCUT2D eigenvalue weighted by molar-refractivity contribution is 5.61. The van der Waals surface area contributed by atoms with Crippen molar-refractivity contribution < 1.29 is 4.74 Å². The summed E-state index contributed by atoms with van der Waals surface area (Å²) in [7, 11) is 3.51. The van der Waals surface area contributed by atoms with Crippen LogP contribution in [0.1, 0.15) is 17.0 Å². The summed E-state index contributed by atoms with van der Waals surface area (Å²) in [6.45, 7) is 3.84. The molecule has 0 saturated carbocycles. The van der Waals surface area contributed by atoms with Crippen LogP contribution >= 0.6 is 0 Å². The van der Waals surface area contributed by atoms with Gasteiger partial charge in [0.2, 0.25) is 0 Å². The van der Waals surface area contributed by atoms with Crippen molar-refractivity contribution in [2.75, 3.05) is 7.11 Å². The Morgan fingerprint density at radius 3 is 2.56 bits per heavy atom. The van der Waals surface area contributed by atoms with Gasteiger partial charge in [0.05, 0.1) is 12.8 Å². The second kappa shape index (κ2) is 4.53. The van der Waals surface area contributed by atoms with Crippen molar-refractivity contribution >= 4 is 0 Å². The van der Waals surface area contributed by atoms with Gasteiger partial charge in [-0.15, -0.1) is 0 Å². The number of methoxy groups -OCH3 is 1. The van der Waals surface area contributed by atoms with Gasteiger partial charge >= 0.3 is 0 Å². The number of ether oxygens (including phenoxy) is 1. The molecule has 0 aliphatic rings. The Kier molecular flexibility index (Phi) is 3.07. The minimum atomic E-state index is 0.596. The molecule has 4 heteroatoms. The van der Waals surface area contributed by atoms with Crippen LogP contribution in [-0.2, 0) is 7.05 Å². The van der Waals surface area contributed by atoms with E-state index >= 15 is 0 Å². The molecular weight excluding hydrogens is 226 g/mol. The highest BCUT2D eigenvalue weighted by Crippen LogP contribution is 2.26. The van der Waals surface area contributed by atoms with E-state index in [4.69, 9.17) is 10.00 Å². The smallest absolute Gasteiger partial charge is 0.143 e. The Bertz CT molecular complexity index is 635. The second-order valence-electron chi connectivity index (χ2n) is 4.22. The van der Waals surface area contributed by atoms with Gasteiger partial charge in [-0.3, -0.25) is 0 Å². The van der Waals surface area contributed by atoms with Crippen molar-refractivity contribution in [1.29, 1.82) is 5.26 Å². The lowest BCUT2D eigenvalue weighted by Gasteiger charge is -2.07. The van der Waals surface area contributed by atoms with Gasteiger partial charge in [-0.25, -0.2) is 4.98 Å². The van der Waals surface area contributed by atoms with Crippen LogP contribution < -0.4 is 4.74 Å². The highest BCUT2D eigenvalue weighted by Gasteiger charge is 2.13. The molecule has 0 saturated heterocycles. The Hall–Kier alpha value is -2.28. The number of benzene rings is 1. The lowest BCUT2D eigenvalue weighted by Crippen LogP contribution is -1.96. The van der Waals surface area contributed by atoms with Gasteiger partial charge in [-0.2, -0.15) is 5.26 Å². The molecule has 0 aliphatic heterocycles. The normalized spacial score (nSPS) is 10.2. The van der Waals surface area contributed by atoms with E-state index in [0.29, 0.717) is 5.69 Å². The molecule has 0 fully saturated rings. The van der Waals surface area contributed by atoms with Crippen molar-refractivity contribution in [3.05, 3.63) is 35.2 Å². The average Bonchev–Trinajstić information content (AvgIpc) is 2.64. The molecular formula is C14H15N3O. The monoisotopic (exact) mass is 241 g/mol. The Balaban J connectivity index is 2.57. The van der Waals surface area contributed by atoms with E-state index in [1.807, 2.05) is 43.7 Å². The number of imidazole rings is 1. The molecule has 2 rings (SSSR count). The second-order valence-corrected chi connectivity index (χ2v) is 4.22. The molecule has 0 spiro atoms. The molecule has 0 atom stereocenters. The molecule has 0 bridgehead atoms. The molecule has 0 N–H and O–H groups in total. The fourth-order valence-electron chi connectivity index (χ4n) is 2.07. The zero-order valence-electron chi connectivity index (χ0n) is 11.0. The zero-order chi connectivity index (χ0) is 13.3. The van der Waals surface area contributed by atoms with E-state index in [0.717, 1.165) is 28.4 Å². The summed E-state index contributed by atoms with van der Waals surface area (Å²) in [5.41, 5.74) is 3.39. The summed E-state index contributed by atoms with van der Waals surface area (Å²) in [6.07, 6.45) is 0. The third kappa shape index (κ3) is 1.84. The van der Waals surface area contributed by atoms with E-state index in [2.05, 4.69) is 11.1 Å². The van der Waals surface area contributed by atoms with Crippen molar-refractivity contribution in [1.82, 2.24) is 9.55 Å². The van der Waals surface area contributed by atoms with Gasteiger partial charge in [-0.05, 0) is 37.6 Å². The molecule has 1 aromatic heterocycles. The molecule has 2 aromatic rings. The first-order chi connectivity index (χ1) is 8.58. The minimum Gasteiger partial charge on any atom is -0.496 e. The summed E-state index contributed by atoms with van der Waals surface area (Å²) in [6, 6.07) is 8.05. The van der Waals surface area contributed by atoms with Crippen LogP contribution in [0.4, 0.5) is 0 Å². The summed E-state index contributed by atoms with van der Waals surface area (Å²) in [5.74, 6) is 1.65. The lowest BCUT2D eigenvalue weighted by atomic mass is 10.1. The maximum absolute atomic E-state index is 9.07. The van der Waals surface area contributed by atoms with Crippen molar-refractivity contribution in [2.45, 2.75) is 13.8 Å².